The number of allylic oxidation sites excluding steroid dienone is 3. The van der Waals surface area contributed by atoms with Gasteiger partial charge >= 0.3 is 0 Å². The van der Waals surface area contributed by atoms with Gasteiger partial charge in [-0.25, -0.2) is 0 Å². The lowest BCUT2D eigenvalue weighted by Gasteiger charge is -2.30. The van der Waals surface area contributed by atoms with Crippen molar-refractivity contribution in [1.29, 1.82) is 0 Å². The topological polar surface area (TPSA) is 6.48 Å². The minimum Gasteiger partial charge on any atom is -0.310 e. The Hall–Kier alpha value is -8.46. The van der Waals surface area contributed by atoms with E-state index in [2.05, 4.69) is 240 Å². The first-order chi connectivity index (χ1) is 34.7. The number of hydrogen-bond donors (Lipinski definition) is 0. The van der Waals surface area contributed by atoms with Crippen molar-refractivity contribution in [2.24, 2.45) is 0 Å². The highest BCUT2D eigenvalue weighted by Crippen LogP contribution is 2.51. The fourth-order valence-corrected chi connectivity index (χ4v) is 12.2. The lowest BCUT2D eigenvalue weighted by molar-refractivity contribution is 0.833. The van der Waals surface area contributed by atoms with Crippen LogP contribution in [0.2, 0.25) is 0 Å². The van der Waals surface area contributed by atoms with Gasteiger partial charge in [0.1, 0.15) is 0 Å². The molecular weight excluding hydrogens is 845 g/mol. The molecule has 11 aromatic rings. The van der Waals surface area contributed by atoms with Crippen molar-refractivity contribution in [2.75, 3.05) is 9.80 Å². The van der Waals surface area contributed by atoms with E-state index in [1.807, 2.05) is 0 Å². The van der Waals surface area contributed by atoms with Gasteiger partial charge in [-0.1, -0.05) is 182 Å². The normalized spacial score (nSPS) is 14.3. The first-order valence-corrected chi connectivity index (χ1v) is 25.1. The zero-order chi connectivity index (χ0) is 46.1. The predicted octanol–water partition coefficient (Wildman–Crippen LogP) is 18.6. The highest BCUT2D eigenvalue weighted by molar-refractivity contribution is 6.24. The molecule has 0 atom stereocenters. The maximum Gasteiger partial charge on any atom is 0.0493 e. The van der Waals surface area contributed by atoms with Crippen LogP contribution in [0.3, 0.4) is 0 Å². The monoisotopic (exact) mass is 894 g/mol. The van der Waals surface area contributed by atoms with Gasteiger partial charge in [-0.2, -0.15) is 0 Å². The molecule has 0 amide bonds. The van der Waals surface area contributed by atoms with Gasteiger partial charge in [-0.15, -0.1) is 0 Å². The van der Waals surface area contributed by atoms with Crippen LogP contribution in [-0.4, -0.2) is 0 Å². The lowest BCUT2D eigenvalue weighted by atomic mass is 9.83. The summed E-state index contributed by atoms with van der Waals surface area (Å²) in [6.45, 7) is 0. The van der Waals surface area contributed by atoms with Crippen LogP contribution in [0.15, 0.2) is 242 Å². The number of hydrogen-bond acceptors (Lipinski definition) is 2. The average molecular weight is 895 g/mol. The molecule has 0 bridgehead atoms. The summed E-state index contributed by atoms with van der Waals surface area (Å²) in [6, 6.07) is 82.3. The summed E-state index contributed by atoms with van der Waals surface area (Å²) in [5.74, 6) is 0. The van der Waals surface area contributed by atoms with Gasteiger partial charge in [0.25, 0.3) is 0 Å². The van der Waals surface area contributed by atoms with Gasteiger partial charge < -0.3 is 9.80 Å². The summed E-state index contributed by atoms with van der Waals surface area (Å²) in [4.78, 5) is 5.09. The van der Waals surface area contributed by atoms with Crippen molar-refractivity contribution >= 4 is 71.5 Å². The molecule has 0 N–H and O–H groups in total. The molecule has 2 heterocycles. The molecule has 332 valence electrons. The van der Waals surface area contributed by atoms with Crippen molar-refractivity contribution in [3.8, 4) is 33.4 Å². The summed E-state index contributed by atoms with van der Waals surface area (Å²) in [6.07, 6.45) is 11.1. The lowest BCUT2D eigenvalue weighted by Crippen LogP contribution is -2.18. The second-order valence-corrected chi connectivity index (χ2v) is 19.3. The fourth-order valence-electron chi connectivity index (χ4n) is 12.2. The van der Waals surface area contributed by atoms with E-state index in [1.54, 1.807) is 5.57 Å². The maximum absolute atomic E-state index is 2.57. The molecular formula is C68H50N2. The zero-order valence-corrected chi connectivity index (χ0v) is 39.1. The number of aryl methyl sites for hydroxylation is 3. The fraction of sp³-hybridized carbons (Fsp3) is 0.0882. The summed E-state index contributed by atoms with van der Waals surface area (Å²) in [5, 5.41) is 9.97. The molecule has 2 aliphatic heterocycles. The number of nitrogens with zero attached hydrogens (tertiary/aromatic N) is 2. The minimum absolute atomic E-state index is 0.999. The number of anilines is 5. The zero-order valence-electron chi connectivity index (χ0n) is 39.1. The molecule has 14 rings (SSSR count). The van der Waals surface area contributed by atoms with E-state index in [0.717, 1.165) is 44.2 Å². The van der Waals surface area contributed by atoms with E-state index in [4.69, 9.17) is 0 Å². The van der Waals surface area contributed by atoms with Crippen molar-refractivity contribution in [3.05, 3.63) is 259 Å². The summed E-state index contributed by atoms with van der Waals surface area (Å²) >= 11 is 0. The molecule has 1 aliphatic carbocycles. The van der Waals surface area contributed by atoms with Crippen LogP contribution in [0.5, 0.6) is 0 Å². The van der Waals surface area contributed by atoms with Crippen molar-refractivity contribution in [2.45, 2.75) is 38.5 Å². The molecule has 2 nitrogen and oxygen atoms in total. The van der Waals surface area contributed by atoms with E-state index in [1.165, 1.54) is 122 Å². The third-order valence-corrected chi connectivity index (χ3v) is 15.5. The number of benzene rings is 11. The quantitative estimate of drug-likeness (QED) is 0.159. The Balaban J connectivity index is 1.09. The Kier molecular flexibility index (Phi) is 9.65. The van der Waals surface area contributed by atoms with Gasteiger partial charge in [-0.05, 0) is 186 Å². The van der Waals surface area contributed by atoms with E-state index in [-0.39, 0.29) is 0 Å². The van der Waals surface area contributed by atoms with Gasteiger partial charge in [0.2, 0.25) is 0 Å². The Morgan fingerprint density at radius 1 is 0.314 bits per heavy atom. The van der Waals surface area contributed by atoms with Crippen LogP contribution in [0.1, 0.15) is 36.0 Å². The van der Waals surface area contributed by atoms with Crippen molar-refractivity contribution in [1.82, 2.24) is 0 Å². The Morgan fingerprint density at radius 3 is 1.46 bits per heavy atom. The van der Waals surface area contributed by atoms with Crippen molar-refractivity contribution in [3.63, 3.8) is 0 Å². The predicted molar refractivity (Wildman–Crippen MR) is 297 cm³/mol. The number of para-hydroxylation sites is 3. The molecule has 0 radical (unpaired) electrons. The third-order valence-electron chi connectivity index (χ3n) is 15.5. The van der Waals surface area contributed by atoms with Gasteiger partial charge in [-0.3, -0.25) is 0 Å². The van der Waals surface area contributed by atoms with E-state index < -0.39 is 0 Å². The molecule has 0 saturated carbocycles. The number of rotatable bonds is 5. The molecule has 0 saturated heterocycles. The second-order valence-electron chi connectivity index (χ2n) is 19.3. The maximum atomic E-state index is 2.57. The highest BCUT2D eigenvalue weighted by atomic mass is 15.2. The Bertz CT molecular complexity index is 3910. The molecule has 2 heteroatoms. The standard InChI is InChI=1S/C68H50N2/c1-7-23-55-45(15-1)21-13-25-56(55)47-31-37-52(38-32-47)67-59-41-39-54(70-65-29-11-5-19-50(65)35-36-51-20-6-12-30-66(51)70)44-62(59)68(58-26-14-22-46-16-2-8-24-57(46)58)60-42-40-53(43-61(60)67)69-63-27-9-3-17-48(63)33-34-49-18-4-10-28-64(49)69/h1-5,7-19,21-32,37-44H,6,20,33-36H2. The van der Waals surface area contributed by atoms with Gasteiger partial charge in [0, 0.05) is 34.1 Å². The molecule has 70 heavy (non-hydrogen) atoms. The summed E-state index contributed by atoms with van der Waals surface area (Å²) in [5.41, 5.74) is 20.5. The summed E-state index contributed by atoms with van der Waals surface area (Å²) < 4.78 is 0. The first kappa shape index (κ1) is 40.6. The molecule has 0 unspecified atom stereocenters. The smallest absolute Gasteiger partial charge is 0.0493 e. The Morgan fingerprint density at radius 2 is 0.800 bits per heavy atom. The second kappa shape index (κ2) is 16.6. The van der Waals surface area contributed by atoms with Gasteiger partial charge in [0.15, 0.2) is 0 Å². The largest absolute Gasteiger partial charge is 0.310 e. The number of fused-ring (bicyclic) bond motifs is 7. The summed E-state index contributed by atoms with van der Waals surface area (Å²) in [7, 11) is 0. The van der Waals surface area contributed by atoms with Crippen molar-refractivity contribution < 1.29 is 0 Å². The Labute approximate surface area is 409 Å². The molecule has 0 fully saturated rings. The van der Waals surface area contributed by atoms with E-state index >= 15 is 0 Å². The van der Waals surface area contributed by atoms with Gasteiger partial charge in [0.05, 0.1) is 0 Å². The van der Waals surface area contributed by atoms with E-state index in [0.29, 0.717) is 0 Å². The first-order valence-electron chi connectivity index (χ1n) is 25.1. The average Bonchev–Trinajstić information content (AvgIpc) is 3.70. The van der Waals surface area contributed by atoms with Crippen LogP contribution in [0, 0.1) is 0 Å². The third kappa shape index (κ3) is 6.62. The highest BCUT2D eigenvalue weighted by Gasteiger charge is 2.28. The molecule has 0 aromatic heterocycles. The SMILES string of the molecule is C1=CC2=C(CC1)CCc1ccccc1N2c1ccc2c(-c3ccc(-c4cccc5ccccc45)cc3)c3cc(N4c5ccccc5CCc5ccccc54)ccc3c(-c3cccc4ccccc34)c2c1. The molecule has 3 aliphatic rings. The minimum atomic E-state index is 0.999. The van der Waals surface area contributed by atoms with Crippen LogP contribution < -0.4 is 9.80 Å². The molecule has 0 spiro atoms. The van der Waals surface area contributed by atoms with Crippen LogP contribution in [-0.2, 0) is 19.3 Å². The van der Waals surface area contributed by atoms with Crippen LogP contribution >= 0.6 is 0 Å². The van der Waals surface area contributed by atoms with Crippen LogP contribution in [0.25, 0.3) is 76.5 Å². The van der Waals surface area contributed by atoms with Crippen LogP contribution in [0.4, 0.5) is 28.4 Å². The molecule has 11 aromatic carbocycles. The van der Waals surface area contributed by atoms with E-state index in [9.17, 15) is 0 Å².